The number of anilines is 1. The summed E-state index contributed by atoms with van der Waals surface area (Å²) in [5.41, 5.74) is 0.372. The van der Waals surface area contributed by atoms with Crippen molar-refractivity contribution in [2.75, 3.05) is 75.7 Å². The van der Waals surface area contributed by atoms with Crippen LogP contribution in [0, 0.1) is 0 Å². The minimum atomic E-state index is -4.21. The van der Waals surface area contributed by atoms with Crippen molar-refractivity contribution < 1.29 is 72.1 Å². The number of aliphatic carboxylic acids is 2. The number of amides is 4. The third-order valence-electron chi connectivity index (χ3n) is 9.13. The van der Waals surface area contributed by atoms with Crippen LogP contribution >= 0.6 is 11.8 Å². The van der Waals surface area contributed by atoms with Crippen molar-refractivity contribution in [3.63, 3.8) is 0 Å². The third-order valence-corrected chi connectivity index (χ3v) is 14.6. The van der Waals surface area contributed by atoms with Crippen LogP contribution in [0.25, 0.3) is 0 Å². The summed E-state index contributed by atoms with van der Waals surface area (Å²) in [6, 6.07) is 1.93. The van der Waals surface area contributed by atoms with Gasteiger partial charge in [-0.2, -0.15) is 0 Å². The zero-order valence-electron chi connectivity index (χ0n) is 31.6. The number of carboxylic acids is 2. The van der Waals surface area contributed by atoms with Gasteiger partial charge in [0.05, 0.1) is 0 Å². The van der Waals surface area contributed by atoms with Gasteiger partial charge in [-0.15, -0.1) is 0 Å². The molecular weight excluding hydrogens is 927 g/mol. The zero-order valence-corrected chi connectivity index (χ0v) is 36.7. The molecule has 0 spiro atoms. The number of benzene rings is 1. The zero-order chi connectivity index (χ0) is 43.1. The molecule has 23 nitrogen and oxygen atoms in total. The summed E-state index contributed by atoms with van der Waals surface area (Å²) in [6.45, 7) is 1.25. The SMILES string of the molecule is O=C(O)CNC(=O)[C@H](CSCC(=O)Nc1ccc([As](O)O)cc1)NC(=O)CC[C@H](NC(=O)CCC1C(=O)[O][Ga]2[O]C(=O)CN3CCN(CCN1CC3)CC(=O)[O]2)C(=O)O. The maximum absolute atomic E-state index is 13.5. The number of carboxylic acid groups (broad SMARTS) is 2. The van der Waals surface area contributed by atoms with Crippen molar-refractivity contribution in [3.05, 3.63) is 24.3 Å². The molecule has 59 heavy (non-hydrogen) atoms. The molecule has 4 aliphatic rings. The van der Waals surface area contributed by atoms with Crippen LogP contribution in [0.1, 0.15) is 25.7 Å². The summed E-state index contributed by atoms with van der Waals surface area (Å²) in [4.78, 5) is 119. The number of thioether (sulfide) groups is 1. The van der Waals surface area contributed by atoms with Gasteiger partial charge in [-0.25, -0.2) is 0 Å². The van der Waals surface area contributed by atoms with Crippen molar-refractivity contribution in [1.29, 1.82) is 0 Å². The number of carbonyl (C=O) groups is 9. The molecule has 0 radical (unpaired) electrons. The normalized spacial score (nSPS) is 21.7. The molecule has 3 unspecified atom stereocenters. The summed E-state index contributed by atoms with van der Waals surface area (Å²) in [7, 11) is 0. The fourth-order valence-electron chi connectivity index (χ4n) is 6.08. The molecule has 4 aliphatic heterocycles. The van der Waals surface area contributed by atoms with E-state index in [1.54, 1.807) is 4.90 Å². The number of fused-ring (bicyclic) bond motifs is 9. The van der Waals surface area contributed by atoms with Crippen molar-refractivity contribution in [3.8, 4) is 0 Å². The van der Waals surface area contributed by atoms with Gasteiger partial charge in [0.25, 0.3) is 0 Å². The second kappa shape index (κ2) is 23.5. The fraction of sp³-hybridized carbons (Fsp3) is 0.545. The van der Waals surface area contributed by atoms with Crippen LogP contribution in [0.15, 0.2) is 24.3 Å². The van der Waals surface area contributed by atoms with Crippen LogP contribution in [0.4, 0.5) is 5.69 Å². The average Bonchev–Trinajstić information content (AvgIpc) is 3.21. The molecule has 4 bridgehead atoms. The van der Waals surface area contributed by atoms with Gasteiger partial charge in [-0.3, -0.25) is 4.79 Å². The molecule has 4 heterocycles. The van der Waals surface area contributed by atoms with Gasteiger partial charge in [-0.1, -0.05) is 0 Å². The van der Waals surface area contributed by atoms with E-state index in [2.05, 4.69) is 21.3 Å². The van der Waals surface area contributed by atoms with Gasteiger partial charge < -0.3 is 5.11 Å². The number of carbonyl (C=O) groups excluding carboxylic acids is 7. The van der Waals surface area contributed by atoms with E-state index in [1.165, 1.54) is 24.3 Å². The monoisotopic (exact) mass is 971 g/mol. The molecule has 4 amide bonds. The molecule has 0 aliphatic carbocycles. The Morgan fingerprint density at radius 1 is 0.797 bits per heavy atom. The van der Waals surface area contributed by atoms with E-state index in [0.29, 0.717) is 49.3 Å². The Kier molecular flexibility index (Phi) is 18.9. The predicted molar refractivity (Wildman–Crippen MR) is 205 cm³/mol. The molecule has 322 valence electrons. The van der Waals surface area contributed by atoms with Gasteiger partial charge in [-0.05, 0) is 0 Å². The average molecular weight is 972 g/mol. The van der Waals surface area contributed by atoms with Gasteiger partial charge in [0.1, 0.15) is 6.54 Å². The molecule has 8 N–H and O–H groups in total. The van der Waals surface area contributed by atoms with E-state index in [-0.39, 0.29) is 37.4 Å². The summed E-state index contributed by atoms with van der Waals surface area (Å²) in [6.07, 6.45) is -1.41. The second-order valence-corrected chi connectivity index (χ2v) is 19.5. The van der Waals surface area contributed by atoms with Crippen LogP contribution in [-0.4, -0.2) is 208 Å². The topological polar surface area (TPSA) is 320 Å². The minimum absolute atomic E-state index is 0.102. The molecule has 1 aromatic carbocycles. The van der Waals surface area contributed by atoms with Crippen LogP contribution in [0.3, 0.4) is 0 Å². The van der Waals surface area contributed by atoms with Crippen molar-refractivity contribution >= 4 is 108 Å². The molecule has 4 saturated heterocycles. The molecule has 26 heteroatoms. The summed E-state index contributed by atoms with van der Waals surface area (Å²) in [5.74, 6) is -8.38. The summed E-state index contributed by atoms with van der Waals surface area (Å²) < 4.78 is 35.2. The van der Waals surface area contributed by atoms with Crippen LogP contribution in [0.2, 0.25) is 0 Å². The number of hydrogen-bond acceptors (Lipinski definition) is 18. The maximum atomic E-state index is 13.5. The fourth-order valence-corrected chi connectivity index (χ4v) is 10.0. The first-order valence-electron chi connectivity index (χ1n) is 18.3. The summed E-state index contributed by atoms with van der Waals surface area (Å²) in [5, 5.41) is 28.3. The molecule has 4 fully saturated rings. The van der Waals surface area contributed by atoms with E-state index < -0.39 is 124 Å². The van der Waals surface area contributed by atoms with Crippen molar-refractivity contribution in [2.24, 2.45) is 0 Å². The Balaban J connectivity index is 1.32. The summed E-state index contributed by atoms with van der Waals surface area (Å²) >= 11 is -6.36. The Labute approximate surface area is 353 Å². The predicted octanol–water partition coefficient (Wildman–Crippen LogP) is -5.22. The molecule has 1 aromatic rings. The van der Waals surface area contributed by atoms with Crippen molar-refractivity contribution in [1.82, 2.24) is 30.7 Å². The third kappa shape index (κ3) is 16.4. The van der Waals surface area contributed by atoms with Gasteiger partial charge in [0, 0.05) is 0 Å². The number of hydrogen-bond donors (Lipinski definition) is 8. The van der Waals surface area contributed by atoms with E-state index in [1.807, 2.05) is 9.80 Å². The van der Waals surface area contributed by atoms with E-state index in [9.17, 15) is 56.4 Å². The van der Waals surface area contributed by atoms with Gasteiger partial charge >= 0.3 is 338 Å². The molecular formula is C33H45AsGaN7O16S. The van der Waals surface area contributed by atoms with Crippen LogP contribution in [0.5, 0.6) is 0 Å². The first-order chi connectivity index (χ1) is 28.1. The first kappa shape index (κ1) is 47.5. The second-order valence-electron chi connectivity index (χ2n) is 13.5. The Morgan fingerprint density at radius 3 is 1.95 bits per heavy atom. The molecule has 0 saturated carbocycles. The number of rotatable bonds is 18. The van der Waals surface area contributed by atoms with E-state index >= 15 is 0 Å². The first-order valence-corrected chi connectivity index (χ1v) is 25.0. The van der Waals surface area contributed by atoms with Gasteiger partial charge in [0.15, 0.2) is 0 Å². The Hall–Kier alpha value is -4.21. The Morgan fingerprint density at radius 2 is 1.37 bits per heavy atom. The van der Waals surface area contributed by atoms with Crippen molar-refractivity contribution in [2.45, 2.75) is 43.8 Å². The Bertz CT molecular complexity index is 1700. The molecule has 5 rings (SSSR count). The van der Waals surface area contributed by atoms with E-state index in [4.69, 9.17) is 15.7 Å². The van der Waals surface area contributed by atoms with Gasteiger partial charge in [0.2, 0.25) is 0 Å². The number of nitrogens with one attached hydrogen (secondary N) is 4. The van der Waals surface area contributed by atoms with Crippen LogP contribution in [-0.2, 0) is 53.7 Å². The van der Waals surface area contributed by atoms with Crippen LogP contribution < -0.4 is 25.6 Å². The molecule has 0 aromatic heterocycles. The number of nitrogens with zero attached hydrogens (tertiary/aromatic N) is 3. The standard InChI is InChI=1S/C33H48AsN7O16S.Ga/c42-25(38-23(31(51)35-15-28(45)46)18-58-19-27(44)36-21-3-1-20(2-4-21)34(56)57)7-5-22(32(52)53)37-26(43)8-6-24(33(54)55)41-13-11-39(16-29(47)48)9-10-40(12-14-41)17-30(49)50;/h1-4,22-24,56-57H,5-19H2,(H,35,51)(H,36,44)(H,37,43)(H,38,42)(H,45,46)(H,47,48)(H,49,50)(H,52,53)(H,54,55);/q;+3/p-3/t22-,23-,24?;/m0./s1. The molecule has 5 atom stereocenters. The quantitative estimate of drug-likeness (QED) is 0.0638. The van der Waals surface area contributed by atoms with E-state index in [0.717, 1.165) is 11.8 Å².